The lowest BCUT2D eigenvalue weighted by Crippen LogP contribution is -2.53. The van der Waals surface area contributed by atoms with Crippen molar-refractivity contribution in [2.45, 2.75) is 52.5 Å². The fourth-order valence-corrected chi connectivity index (χ4v) is 3.00. The number of anilines is 1. The van der Waals surface area contributed by atoms with Crippen LogP contribution in [0.15, 0.2) is 5.38 Å². The number of nitrogens with zero attached hydrogens (tertiary/aromatic N) is 1. The van der Waals surface area contributed by atoms with Crippen LogP contribution in [0.1, 0.15) is 46.2 Å². The molecule has 1 aliphatic carbocycles. The Balaban J connectivity index is 1.91. The lowest BCUT2D eigenvalue weighted by atomic mass is 9.95. The first-order valence-electron chi connectivity index (χ1n) is 7.91. The van der Waals surface area contributed by atoms with Crippen molar-refractivity contribution in [3.63, 3.8) is 0 Å². The molecule has 6 nitrogen and oxygen atoms in total. The molecule has 1 heterocycles. The Kier molecular flexibility index (Phi) is 5.10. The van der Waals surface area contributed by atoms with Crippen molar-refractivity contribution in [3.8, 4) is 0 Å². The van der Waals surface area contributed by atoms with Gasteiger partial charge >= 0.3 is 0 Å². The highest BCUT2D eigenvalue weighted by molar-refractivity contribution is 7.13. The van der Waals surface area contributed by atoms with Crippen molar-refractivity contribution in [1.29, 1.82) is 0 Å². The van der Waals surface area contributed by atoms with Gasteiger partial charge in [-0.15, -0.1) is 11.3 Å². The number of carbonyl (C=O) groups is 2. The Bertz CT molecular complexity index is 589. The van der Waals surface area contributed by atoms with E-state index in [0.717, 1.165) is 12.8 Å². The molecule has 4 N–H and O–H groups in total. The smallest absolute Gasteiger partial charge is 0.231 e. The van der Waals surface area contributed by atoms with E-state index < -0.39 is 5.41 Å². The van der Waals surface area contributed by atoms with Crippen LogP contribution in [0.3, 0.4) is 0 Å². The second-order valence-electron chi connectivity index (χ2n) is 7.47. The lowest BCUT2D eigenvalue weighted by molar-refractivity contribution is -0.123. The maximum atomic E-state index is 12.2. The van der Waals surface area contributed by atoms with Crippen molar-refractivity contribution in [2.24, 2.45) is 17.1 Å². The van der Waals surface area contributed by atoms with E-state index in [1.165, 1.54) is 11.3 Å². The van der Waals surface area contributed by atoms with Gasteiger partial charge in [-0.2, -0.15) is 0 Å². The molecule has 1 saturated carbocycles. The third-order valence-corrected chi connectivity index (χ3v) is 4.93. The Labute approximate surface area is 141 Å². The summed E-state index contributed by atoms with van der Waals surface area (Å²) < 4.78 is 0. The van der Waals surface area contributed by atoms with Crippen molar-refractivity contribution in [2.75, 3.05) is 11.9 Å². The highest BCUT2D eigenvalue weighted by Gasteiger charge is 2.41. The van der Waals surface area contributed by atoms with Crippen LogP contribution in [0.4, 0.5) is 5.13 Å². The van der Waals surface area contributed by atoms with Crippen LogP contribution in [0, 0.1) is 11.3 Å². The first kappa shape index (κ1) is 17.9. The van der Waals surface area contributed by atoms with Gasteiger partial charge in [-0.05, 0) is 25.7 Å². The molecule has 7 heteroatoms. The van der Waals surface area contributed by atoms with E-state index in [2.05, 4.69) is 15.6 Å². The summed E-state index contributed by atoms with van der Waals surface area (Å²) in [4.78, 5) is 28.5. The number of thiazole rings is 1. The molecule has 1 atom stereocenters. The van der Waals surface area contributed by atoms with Crippen molar-refractivity contribution in [3.05, 3.63) is 11.1 Å². The van der Waals surface area contributed by atoms with Gasteiger partial charge in [-0.3, -0.25) is 9.59 Å². The standard InChI is InChI=1S/C16H26N4O2S/c1-15(2,3)13(22)19-14-18-11(8-23-14)7-12(21)20-16(4,9-17)10-5-6-10/h8,10H,5-7,9,17H2,1-4H3,(H,20,21)(H,18,19,22). The second-order valence-corrected chi connectivity index (χ2v) is 8.33. The van der Waals surface area contributed by atoms with Gasteiger partial charge in [0.25, 0.3) is 0 Å². The molecule has 0 aromatic carbocycles. The van der Waals surface area contributed by atoms with Gasteiger partial charge in [0.15, 0.2) is 5.13 Å². The molecule has 1 fully saturated rings. The first-order valence-corrected chi connectivity index (χ1v) is 8.79. The number of hydrogen-bond acceptors (Lipinski definition) is 5. The summed E-state index contributed by atoms with van der Waals surface area (Å²) in [6, 6.07) is 0. The quantitative estimate of drug-likeness (QED) is 0.738. The molecule has 2 rings (SSSR count). The fourth-order valence-electron chi connectivity index (χ4n) is 2.30. The Morgan fingerprint density at radius 3 is 2.52 bits per heavy atom. The molecule has 0 aliphatic heterocycles. The maximum absolute atomic E-state index is 12.2. The molecule has 1 aromatic rings. The summed E-state index contributed by atoms with van der Waals surface area (Å²) >= 11 is 1.33. The topological polar surface area (TPSA) is 97.1 Å². The van der Waals surface area contributed by atoms with Gasteiger partial charge in [0, 0.05) is 17.3 Å². The molecular weight excluding hydrogens is 312 g/mol. The summed E-state index contributed by atoms with van der Waals surface area (Å²) in [5, 5.41) is 8.15. The number of carbonyl (C=O) groups excluding carboxylic acids is 2. The van der Waals surface area contributed by atoms with E-state index in [-0.39, 0.29) is 23.8 Å². The zero-order valence-electron chi connectivity index (χ0n) is 14.2. The molecule has 0 saturated heterocycles. The lowest BCUT2D eigenvalue weighted by Gasteiger charge is -2.29. The molecule has 23 heavy (non-hydrogen) atoms. The molecule has 1 aromatic heterocycles. The predicted molar refractivity (Wildman–Crippen MR) is 92.2 cm³/mol. The largest absolute Gasteiger partial charge is 0.349 e. The van der Waals surface area contributed by atoms with E-state index in [0.29, 0.717) is 23.3 Å². The molecule has 1 unspecified atom stereocenters. The average Bonchev–Trinajstić information content (AvgIpc) is 3.21. The predicted octanol–water partition coefficient (Wildman–Crippen LogP) is 1.91. The van der Waals surface area contributed by atoms with Gasteiger partial charge < -0.3 is 16.4 Å². The highest BCUT2D eigenvalue weighted by atomic mass is 32.1. The number of rotatable bonds is 6. The van der Waals surface area contributed by atoms with Gasteiger partial charge in [0.05, 0.1) is 17.7 Å². The fraction of sp³-hybridized carbons (Fsp3) is 0.688. The van der Waals surface area contributed by atoms with Crippen LogP contribution >= 0.6 is 11.3 Å². The van der Waals surface area contributed by atoms with Gasteiger partial charge in [0.2, 0.25) is 11.8 Å². The van der Waals surface area contributed by atoms with Crippen LogP contribution in [-0.2, 0) is 16.0 Å². The minimum atomic E-state index is -0.476. The van der Waals surface area contributed by atoms with Crippen LogP contribution in [-0.4, -0.2) is 28.9 Å². The van der Waals surface area contributed by atoms with E-state index in [1.807, 2.05) is 27.7 Å². The minimum absolute atomic E-state index is 0.0798. The van der Waals surface area contributed by atoms with E-state index in [4.69, 9.17) is 5.73 Å². The van der Waals surface area contributed by atoms with E-state index in [1.54, 1.807) is 5.38 Å². The van der Waals surface area contributed by atoms with Gasteiger partial charge in [0.1, 0.15) is 0 Å². The molecule has 128 valence electrons. The maximum Gasteiger partial charge on any atom is 0.231 e. The normalized spacial score (nSPS) is 17.4. The third kappa shape index (κ3) is 4.75. The summed E-state index contributed by atoms with van der Waals surface area (Å²) in [5.74, 6) is 0.310. The number of nitrogens with two attached hydrogens (primary N) is 1. The van der Waals surface area contributed by atoms with E-state index in [9.17, 15) is 9.59 Å². The number of amides is 2. The van der Waals surface area contributed by atoms with E-state index >= 15 is 0 Å². The first-order chi connectivity index (χ1) is 10.6. The minimum Gasteiger partial charge on any atom is -0.349 e. The Hall–Kier alpha value is -1.47. The molecule has 0 spiro atoms. The third-order valence-electron chi connectivity index (χ3n) is 4.12. The molecule has 2 amide bonds. The summed E-state index contributed by atoms with van der Waals surface area (Å²) in [6.45, 7) is 7.97. The zero-order valence-corrected chi connectivity index (χ0v) is 15.0. The average molecular weight is 338 g/mol. The number of hydrogen-bond donors (Lipinski definition) is 3. The molecule has 0 bridgehead atoms. The molecule has 1 aliphatic rings. The van der Waals surface area contributed by atoms with Crippen LogP contribution in [0.5, 0.6) is 0 Å². The highest BCUT2D eigenvalue weighted by Crippen LogP contribution is 2.39. The Morgan fingerprint density at radius 1 is 1.35 bits per heavy atom. The van der Waals surface area contributed by atoms with Crippen LogP contribution < -0.4 is 16.4 Å². The number of aromatic nitrogens is 1. The SMILES string of the molecule is CC(C)(C)C(=O)Nc1nc(CC(=O)NC(C)(CN)C2CC2)cs1. The summed E-state index contributed by atoms with van der Waals surface area (Å²) in [5.41, 5.74) is 5.67. The van der Waals surface area contributed by atoms with Crippen molar-refractivity contribution in [1.82, 2.24) is 10.3 Å². The van der Waals surface area contributed by atoms with Crippen molar-refractivity contribution < 1.29 is 9.59 Å². The monoisotopic (exact) mass is 338 g/mol. The summed E-state index contributed by atoms with van der Waals surface area (Å²) in [6.07, 6.45) is 2.44. The Morgan fingerprint density at radius 2 is 2.00 bits per heavy atom. The van der Waals surface area contributed by atoms with Crippen LogP contribution in [0.25, 0.3) is 0 Å². The summed E-state index contributed by atoms with van der Waals surface area (Å²) in [7, 11) is 0. The number of nitrogens with one attached hydrogen (secondary N) is 2. The van der Waals surface area contributed by atoms with Gasteiger partial charge in [-0.1, -0.05) is 20.8 Å². The van der Waals surface area contributed by atoms with Crippen LogP contribution in [0.2, 0.25) is 0 Å². The molecule has 0 radical (unpaired) electrons. The molecular formula is C16H26N4O2S. The van der Waals surface area contributed by atoms with Gasteiger partial charge in [-0.25, -0.2) is 4.98 Å². The zero-order chi connectivity index (χ0) is 17.3. The van der Waals surface area contributed by atoms with Crippen molar-refractivity contribution >= 4 is 28.3 Å². The second kappa shape index (κ2) is 6.57.